The lowest BCUT2D eigenvalue weighted by Gasteiger charge is -2.29. The Hall–Kier alpha value is -0.770. The molecule has 4 nitrogen and oxygen atoms in total. The molecule has 4 heteroatoms. The smallest absolute Gasteiger partial charge is 0.410 e. The molecule has 0 spiro atoms. The van der Waals surface area contributed by atoms with Crippen molar-refractivity contribution in [2.24, 2.45) is 0 Å². The number of carbonyl (C=O) groups is 1. The Balaban J connectivity index is 4.17. The van der Waals surface area contributed by atoms with E-state index in [9.17, 15) is 4.79 Å². The van der Waals surface area contributed by atoms with Crippen LogP contribution >= 0.6 is 0 Å². The molecule has 0 heterocycles. The average molecular weight is 202 g/mol. The zero-order valence-corrected chi connectivity index (χ0v) is 9.91. The Kier molecular flexibility index (Phi) is 6.28. The Morgan fingerprint density at radius 3 is 2.29 bits per heavy atom. The summed E-state index contributed by atoms with van der Waals surface area (Å²) in [5.41, 5.74) is 0. The van der Waals surface area contributed by atoms with Crippen LogP contribution in [0.2, 0.25) is 0 Å². The third kappa shape index (κ3) is 4.46. The third-order valence-corrected chi connectivity index (χ3v) is 2.00. The van der Waals surface area contributed by atoms with Crippen LogP contribution in [0.5, 0.6) is 0 Å². The van der Waals surface area contributed by atoms with Gasteiger partial charge in [-0.25, -0.2) is 4.79 Å². The molecule has 0 saturated heterocycles. The van der Waals surface area contributed by atoms with E-state index in [1.54, 1.807) is 4.90 Å². The molecule has 0 saturated carbocycles. The lowest BCUT2D eigenvalue weighted by molar-refractivity contribution is 0.0897. The van der Waals surface area contributed by atoms with Gasteiger partial charge in [-0.1, -0.05) is 0 Å². The number of likely N-dealkylation sites (N-methyl/N-ethyl adjacent to an activating group) is 2. The molecule has 0 fully saturated rings. The predicted octanol–water partition coefficient (Wildman–Crippen LogP) is 1.41. The standard InChI is InChI=1S/C10H22N2O2/c1-6-12(10(13)14-7-2)9(3)8-11(4)5/h9H,6-8H2,1-5H3. The van der Waals surface area contributed by atoms with Crippen molar-refractivity contribution in [1.82, 2.24) is 9.80 Å². The van der Waals surface area contributed by atoms with Gasteiger partial charge in [-0.2, -0.15) is 0 Å². The van der Waals surface area contributed by atoms with Crippen molar-refractivity contribution >= 4 is 6.09 Å². The fraction of sp³-hybridized carbons (Fsp3) is 0.900. The summed E-state index contributed by atoms with van der Waals surface area (Å²) in [5.74, 6) is 0. The second kappa shape index (κ2) is 6.65. The van der Waals surface area contributed by atoms with E-state index >= 15 is 0 Å². The highest BCUT2D eigenvalue weighted by atomic mass is 16.6. The van der Waals surface area contributed by atoms with E-state index in [0.717, 1.165) is 6.54 Å². The van der Waals surface area contributed by atoms with Gasteiger partial charge in [-0.15, -0.1) is 0 Å². The van der Waals surface area contributed by atoms with Crippen molar-refractivity contribution in [3.05, 3.63) is 0 Å². The van der Waals surface area contributed by atoms with Gasteiger partial charge in [0, 0.05) is 19.1 Å². The van der Waals surface area contributed by atoms with Crippen LogP contribution in [0.25, 0.3) is 0 Å². The average Bonchev–Trinajstić information content (AvgIpc) is 2.04. The molecular weight excluding hydrogens is 180 g/mol. The normalized spacial score (nSPS) is 12.7. The van der Waals surface area contributed by atoms with Gasteiger partial charge >= 0.3 is 6.09 Å². The van der Waals surface area contributed by atoms with Crippen LogP contribution in [0.3, 0.4) is 0 Å². The molecule has 0 aliphatic rings. The number of hydrogen-bond acceptors (Lipinski definition) is 3. The zero-order valence-electron chi connectivity index (χ0n) is 9.91. The fourth-order valence-electron chi connectivity index (χ4n) is 1.45. The Morgan fingerprint density at radius 2 is 1.93 bits per heavy atom. The number of carbonyl (C=O) groups excluding carboxylic acids is 1. The van der Waals surface area contributed by atoms with Gasteiger partial charge in [0.25, 0.3) is 0 Å². The number of nitrogens with zero attached hydrogens (tertiary/aromatic N) is 2. The van der Waals surface area contributed by atoms with Gasteiger partial charge in [0.15, 0.2) is 0 Å². The molecule has 0 aromatic carbocycles. The molecule has 0 radical (unpaired) electrons. The highest BCUT2D eigenvalue weighted by Crippen LogP contribution is 2.02. The van der Waals surface area contributed by atoms with Crippen molar-refractivity contribution in [2.45, 2.75) is 26.8 Å². The SMILES string of the molecule is CCOC(=O)N(CC)C(C)CN(C)C. The summed E-state index contributed by atoms with van der Waals surface area (Å²) in [7, 11) is 3.99. The van der Waals surface area contributed by atoms with Gasteiger partial charge in [0.05, 0.1) is 6.61 Å². The lowest BCUT2D eigenvalue weighted by Crippen LogP contribution is -2.43. The first kappa shape index (κ1) is 13.2. The summed E-state index contributed by atoms with van der Waals surface area (Å²) < 4.78 is 4.97. The quantitative estimate of drug-likeness (QED) is 0.676. The maximum atomic E-state index is 11.5. The Morgan fingerprint density at radius 1 is 1.36 bits per heavy atom. The Labute approximate surface area is 86.8 Å². The van der Waals surface area contributed by atoms with Crippen LogP contribution in [-0.2, 0) is 4.74 Å². The van der Waals surface area contributed by atoms with Gasteiger partial charge in [-0.3, -0.25) is 0 Å². The highest BCUT2D eigenvalue weighted by molar-refractivity contribution is 5.67. The van der Waals surface area contributed by atoms with Crippen LogP contribution in [0.1, 0.15) is 20.8 Å². The van der Waals surface area contributed by atoms with Crippen LogP contribution < -0.4 is 0 Å². The lowest BCUT2D eigenvalue weighted by atomic mass is 10.3. The molecule has 1 unspecified atom stereocenters. The molecule has 0 aromatic heterocycles. The molecule has 0 aromatic rings. The van der Waals surface area contributed by atoms with E-state index in [4.69, 9.17) is 4.74 Å². The number of ether oxygens (including phenoxy) is 1. The first-order chi connectivity index (χ1) is 6.52. The molecule has 84 valence electrons. The summed E-state index contributed by atoms with van der Waals surface area (Å²) in [6, 6.07) is 0.189. The van der Waals surface area contributed by atoms with E-state index < -0.39 is 0 Å². The first-order valence-electron chi connectivity index (χ1n) is 5.11. The monoisotopic (exact) mass is 202 g/mol. The van der Waals surface area contributed by atoms with Crippen molar-refractivity contribution < 1.29 is 9.53 Å². The van der Waals surface area contributed by atoms with Crippen molar-refractivity contribution in [2.75, 3.05) is 33.8 Å². The highest BCUT2D eigenvalue weighted by Gasteiger charge is 2.19. The maximum Gasteiger partial charge on any atom is 0.410 e. The second-order valence-electron chi connectivity index (χ2n) is 3.60. The van der Waals surface area contributed by atoms with Gasteiger partial charge in [0.2, 0.25) is 0 Å². The van der Waals surface area contributed by atoms with E-state index in [0.29, 0.717) is 13.2 Å². The van der Waals surface area contributed by atoms with Gasteiger partial charge in [0.1, 0.15) is 0 Å². The molecule has 1 amide bonds. The van der Waals surface area contributed by atoms with Crippen LogP contribution in [-0.4, -0.2) is 55.7 Å². The second-order valence-corrected chi connectivity index (χ2v) is 3.60. The Bertz CT molecular complexity index is 172. The summed E-state index contributed by atoms with van der Waals surface area (Å²) in [6.07, 6.45) is -0.218. The van der Waals surface area contributed by atoms with Crippen LogP contribution in [0.4, 0.5) is 4.79 Å². The van der Waals surface area contributed by atoms with E-state index in [-0.39, 0.29) is 12.1 Å². The van der Waals surface area contributed by atoms with E-state index in [1.807, 2.05) is 34.9 Å². The zero-order chi connectivity index (χ0) is 11.1. The molecular formula is C10H22N2O2. The number of rotatable bonds is 5. The molecule has 0 aliphatic carbocycles. The summed E-state index contributed by atoms with van der Waals surface area (Å²) in [6.45, 7) is 7.79. The summed E-state index contributed by atoms with van der Waals surface area (Å²) in [5, 5.41) is 0. The fourth-order valence-corrected chi connectivity index (χ4v) is 1.45. The minimum atomic E-state index is -0.218. The molecule has 0 N–H and O–H groups in total. The largest absolute Gasteiger partial charge is 0.450 e. The van der Waals surface area contributed by atoms with E-state index in [2.05, 4.69) is 4.90 Å². The third-order valence-electron chi connectivity index (χ3n) is 2.00. The molecule has 0 bridgehead atoms. The molecule has 0 aliphatic heterocycles. The minimum Gasteiger partial charge on any atom is -0.450 e. The van der Waals surface area contributed by atoms with Gasteiger partial charge in [-0.05, 0) is 34.9 Å². The van der Waals surface area contributed by atoms with Crippen molar-refractivity contribution in [1.29, 1.82) is 0 Å². The van der Waals surface area contributed by atoms with Crippen molar-refractivity contribution in [3.63, 3.8) is 0 Å². The van der Waals surface area contributed by atoms with E-state index in [1.165, 1.54) is 0 Å². The number of amides is 1. The predicted molar refractivity (Wildman–Crippen MR) is 57.4 cm³/mol. The molecule has 0 rings (SSSR count). The first-order valence-corrected chi connectivity index (χ1v) is 5.11. The summed E-state index contributed by atoms with van der Waals surface area (Å²) >= 11 is 0. The minimum absolute atomic E-state index is 0.189. The maximum absolute atomic E-state index is 11.5. The van der Waals surface area contributed by atoms with Crippen LogP contribution in [0, 0.1) is 0 Å². The molecule has 1 atom stereocenters. The van der Waals surface area contributed by atoms with Crippen LogP contribution in [0.15, 0.2) is 0 Å². The van der Waals surface area contributed by atoms with Crippen molar-refractivity contribution in [3.8, 4) is 0 Å². The summed E-state index contributed by atoms with van der Waals surface area (Å²) in [4.78, 5) is 15.3. The topological polar surface area (TPSA) is 32.8 Å². The molecule has 14 heavy (non-hydrogen) atoms. The van der Waals surface area contributed by atoms with Gasteiger partial charge < -0.3 is 14.5 Å². The number of hydrogen-bond donors (Lipinski definition) is 0.